The first-order valence-electron chi connectivity index (χ1n) is 10.2. The van der Waals surface area contributed by atoms with Crippen LogP contribution in [0.1, 0.15) is 18.2 Å². The van der Waals surface area contributed by atoms with Gasteiger partial charge in [-0.15, -0.1) is 0 Å². The summed E-state index contributed by atoms with van der Waals surface area (Å²) in [5, 5.41) is -0.119. The third-order valence-electron chi connectivity index (χ3n) is 4.76. The molecular weight excluding hydrogens is 456 g/mol. The molecule has 0 fully saturated rings. The van der Waals surface area contributed by atoms with E-state index in [2.05, 4.69) is 0 Å². The Hall–Kier alpha value is -4.01. The lowest BCUT2D eigenvalue weighted by molar-refractivity contribution is -0.154. The van der Waals surface area contributed by atoms with Crippen molar-refractivity contribution in [2.75, 3.05) is 6.61 Å². The molecule has 3 aromatic carbocycles. The quantitative estimate of drug-likeness (QED) is 0.278. The lowest BCUT2D eigenvalue weighted by Gasteiger charge is -2.15. The summed E-state index contributed by atoms with van der Waals surface area (Å²) in [6, 6.07) is 15.5. The van der Waals surface area contributed by atoms with Crippen LogP contribution >= 0.6 is 0 Å². The van der Waals surface area contributed by atoms with Gasteiger partial charge in [-0.1, -0.05) is 24.3 Å². The van der Waals surface area contributed by atoms with E-state index in [9.17, 15) is 22.4 Å². The molecule has 0 atom stereocenters. The van der Waals surface area contributed by atoms with Crippen molar-refractivity contribution in [1.29, 1.82) is 0 Å². The number of hydrogen-bond acceptors (Lipinski definition) is 5. The molecule has 34 heavy (non-hydrogen) atoms. The highest BCUT2D eigenvalue weighted by Gasteiger charge is 2.40. The van der Waals surface area contributed by atoms with Gasteiger partial charge in [0.15, 0.2) is 11.5 Å². The van der Waals surface area contributed by atoms with Crippen LogP contribution in [0.15, 0.2) is 75.9 Å². The minimum atomic E-state index is -5.01. The number of halogens is 4. The van der Waals surface area contributed by atoms with Gasteiger partial charge in [-0.25, -0.2) is 4.39 Å². The van der Waals surface area contributed by atoms with Crippen LogP contribution in [0.25, 0.3) is 11.0 Å². The SMILES string of the molecule is CCOc1ccccc1Oc1c(C(F)(F)F)oc2cc(OCc3ccc(F)cc3)ccc2c1=O. The van der Waals surface area contributed by atoms with E-state index < -0.39 is 28.9 Å². The van der Waals surface area contributed by atoms with Crippen LogP contribution in [-0.4, -0.2) is 6.61 Å². The number of ether oxygens (including phenoxy) is 3. The zero-order valence-corrected chi connectivity index (χ0v) is 17.8. The molecular formula is C25H18F4O5. The second-order valence-corrected chi connectivity index (χ2v) is 7.14. The van der Waals surface area contributed by atoms with E-state index >= 15 is 0 Å². The number of hydrogen-bond donors (Lipinski definition) is 0. The maximum atomic E-state index is 13.8. The third kappa shape index (κ3) is 4.98. The molecule has 0 N–H and O–H groups in total. The van der Waals surface area contributed by atoms with Crippen molar-refractivity contribution in [1.82, 2.24) is 0 Å². The molecule has 176 valence electrons. The highest BCUT2D eigenvalue weighted by molar-refractivity contribution is 5.80. The zero-order chi connectivity index (χ0) is 24.3. The highest BCUT2D eigenvalue weighted by Crippen LogP contribution is 2.40. The van der Waals surface area contributed by atoms with Crippen molar-refractivity contribution in [3.05, 3.63) is 94.1 Å². The Morgan fingerprint density at radius 1 is 0.912 bits per heavy atom. The zero-order valence-electron chi connectivity index (χ0n) is 17.8. The van der Waals surface area contributed by atoms with E-state index in [1.807, 2.05) is 0 Å². The smallest absolute Gasteiger partial charge is 0.453 e. The molecule has 0 spiro atoms. The van der Waals surface area contributed by atoms with E-state index in [0.717, 1.165) is 0 Å². The van der Waals surface area contributed by atoms with E-state index in [0.29, 0.717) is 5.56 Å². The van der Waals surface area contributed by atoms with Gasteiger partial charge in [0.2, 0.25) is 11.2 Å². The van der Waals surface area contributed by atoms with Gasteiger partial charge in [0.25, 0.3) is 5.76 Å². The number of alkyl halides is 3. The second-order valence-electron chi connectivity index (χ2n) is 7.14. The fraction of sp³-hybridized carbons (Fsp3) is 0.160. The molecule has 1 heterocycles. The van der Waals surface area contributed by atoms with Crippen molar-refractivity contribution < 1.29 is 36.2 Å². The first-order valence-corrected chi connectivity index (χ1v) is 10.2. The van der Waals surface area contributed by atoms with Crippen LogP contribution in [0.2, 0.25) is 0 Å². The Kier molecular flexibility index (Phi) is 6.45. The first kappa shape index (κ1) is 23.2. The predicted molar refractivity (Wildman–Crippen MR) is 116 cm³/mol. The minimum Gasteiger partial charge on any atom is -0.490 e. The lowest BCUT2D eigenvalue weighted by Crippen LogP contribution is -2.15. The van der Waals surface area contributed by atoms with Gasteiger partial charge >= 0.3 is 6.18 Å². The summed E-state index contributed by atoms with van der Waals surface area (Å²) in [6.07, 6.45) is -5.01. The highest BCUT2D eigenvalue weighted by atomic mass is 19.4. The molecule has 0 bridgehead atoms. The molecule has 0 aliphatic rings. The molecule has 4 rings (SSSR count). The summed E-state index contributed by atoms with van der Waals surface area (Å²) >= 11 is 0. The molecule has 0 aliphatic carbocycles. The Labute approximate surface area is 191 Å². The Bertz CT molecular complexity index is 1360. The maximum absolute atomic E-state index is 13.8. The largest absolute Gasteiger partial charge is 0.490 e. The minimum absolute atomic E-state index is 0.0392. The van der Waals surface area contributed by atoms with Gasteiger partial charge < -0.3 is 18.6 Å². The number of rotatable bonds is 7. The standard InChI is InChI=1S/C25H18F4O5/c1-2-31-19-5-3-4-6-20(19)33-23-22(30)18-12-11-17(13-21(18)34-24(23)25(27,28)29)32-14-15-7-9-16(26)10-8-15/h3-13H,2,14H2,1H3. The van der Waals surface area contributed by atoms with Crippen LogP contribution in [0.5, 0.6) is 23.0 Å². The summed E-state index contributed by atoms with van der Waals surface area (Å²) in [7, 11) is 0. The van der Waals surface area contributed by atoms with Gasteiger partial charge in [0.1, 0.15) is 23.8 Å². The lowest BCUT2D eigenvalue weighted by atomic mass is 10.2. The van der Waals surface area contributed by atoms with E-state index in [1.54, 1.807) is 19.1 Å². The van der Waals surface area contributed by atoms with Crippen molar-refractivity contribution in [3.63, 3.8) is 0 Å². The van der Waals surface area contributed by atoms with Gasteiger partial charge in [0.05, 0.1) is 12.0 Å². The molecule has 0 aliphatic heterocycles. The van der Waals surface area contributed by atoms with Crippen LogP contribution in [0.3, 0.4) is 0 Å². The predicted octanol–water partition coefficient (Wildman–Crippen LogP) is 6.72. The normalized spacial score (nSPS) is 11.4. The fourth-order valence-corrected chi connectivity index (χ4v) is 3.19. The second kappa shape index (κ2) is 9.46. The monoisotopic (exact) mass is 474 g/mol. The first-order chi connectivity index (χ1) is 16.3. The molecule has 0 amide bonds. The molecule has 0 saturated heterocycles. The topological polar surface area (TPSA) is 57.9 Å². The molecule has 5 nitrogen and oxygen atoms in total. The third-order valence-corrected chi connectivity index (χ3v) is 4.76. The van der Waals surface area contributed by atoms with E-state index in [4.69, 9.17) is 18.6 Å². The molecule has 9 heteroatoms. The van der Waals surface area contributed by atoms with Crippen molar-refractivity contribution in [2.24, 2.45) is 0 Å². The average Bonchev–Trinajstić information content (AvgIpc) is 2.81. The van der Waals surface area contributed by atoms with Gasteiger partial charge in [0, 0.05) is 6.07 Å². The Balaban J connectivity index is 1.72. The average molecular weight is 474 g/mol. The van der Waals surface area contributed by atoms with E-state index in [1.165, 1.54) is 54.6 Å². The van der Waals surface area contributed by atoms with Crippen LogP contribution in [0, 0.1) is 5.82 Å². The van der Waals surface area contributed by atoms with Gasteiger partial charge in [-0.3, -0.25) is 4.79 Å². The Morgan fingerprint density at radius 2 is 1.62 bits per heavy atom. The van der Waals surface area contributed by atoms with Crippen molar-refractivity contribution in [3.8, 4) is 23.0 Å². The van der Waals surface area contributed by atoms with Crippen molar-refractivity contribution in [2.45, 2.75) is 19.7 Å². The van der Waals surface area contributed by atoms with Crippen LogP contribution in [-0.2, 0) is 12.8 Å². The van der Waals surface area contributed by atoms with Crippen LogP contribution in [0.4, 0.5) is 17.6 Å². The number of benzene rings is 3. The summed E-state index contributed by atoms with van der Waals surface area (Å²) < 4.78 is 75.9. The Morgan fingerprint density at radius 3 is 2.29 bits per heavy atom. The van der Waals surface area contributed by atoms with Gasteiger partial charge in [-0.2, -0.15) is 13.2 Å². The number of para-hydroxylation sites is 2. The molecule has 4 aromatic rings. The molecule has 0 radical (unpaired) electrons. The summed E-state index contributed by atoms with van der Waals surface area (Å²) in [6.45, 7) is 2.00. The summed E-state index contributed by atoms with van der Waals surface area (Å²) in [4.78, 5) is 13.0. The summed E-state index contributed by atoms with van der Waals surface area (Å²) in [5.41, 5.74) is -0.667. The van der Waals surface area contributed by atoms with Gasteiger partial charge in [-0.05, 0) is 48.9 Å². The molecule has 0 unspecified atom stereocenters. The van der Waals surface area contributed by atoms with Crippen LogP contribution < -0.4 is 19.6 Å². The summed E-state index contributed by atoms with van der Waals surface area (Å²) in [5.74, 6) is -2.68. The number of fused-ring (bicyclic) bond motifs is 1. The molecule has 1 aromatic heterocycles. The fourth-order valence-electron chi connectivity index (χ4n) is 3.19. The van der Waals surface area contributed by atoms with E-state index in [-0.39, 0.29) is 41.4 Å². The maximum Gasteiger partial charge on any atom is 0.453 e. The molecule has 0 saturated carbocycles. The van der Waals surface area contributed by atoms with Crippen molar-refractivity contribution >= 4 is 11.0 Å².